The smallest absolute Gasteiger partial charge is 0.264 e. The fourth-order valence-corrected chi connectivity index (χ4v) is 1.77. The Labute approximate surface area is 103 Å². The summed E-state index contributed by atoms with van der Waals surface area (Å²) in [5, 5.41) is 5.03. The summed E-state index contributed by atoms with van der Waals surface area (Å²) in [4.78, 5) is 15.4. The standard InChI is InChI=1S/C12H12N2O2S/c1-9-2-4-10(5-3-9)16-8-11(15)14-12-13-6-7-17-12/h2-7H,8H2,1H3,(H,13,14,15). The molecule has 0 saturated heterocycles. The lowest BCUT2D eigenvalue weighted by molar-refractivity contribution is -0.118. The first-order valence-electron chi connectivity index (χ1n) is 5.13. The van der Waals surface area contributed by atoms with E-state index in [1.807, 2.05) is 31.2 Å². The maximum Gasteiger partial charge on any atom is 0.264 e. The molecule has 0 unspecified atom stereocenters. The van der Waals surface area contributed by atoms with E-state index in [1.165, 1.54) is 11.3 Å². The quantitative estimate of drug-likeness (QED) is 0.904. The van der Waals surface area contributed by atoms with Gasteiger partial charge in [0.25, 0.3) is 5.91 Å². The van der Waals surface area contributed by atoms with Gasteiger partial charge < -0.3 is 4.74 Å². The summed E-state index contributed by atoms with van der Waals surface area (Å²) in [6, 6.07) is 7.56. The van der Waals surface area contributed by atoms with Crippen LogP contribution in [0.15, 0.2) is 35.8 Å². The number of benzene rings is 1. The van der Waals surface area contributed by atoms with Crippen molar-refractivity contribution in [1.82, 2.24) is 4.98 Å². The van der Waals surface area contributed by atoms with Gasteiger partial charge in [-0.25, -0.2) is 4.98 Å². The maximum absolute atomic E-state index is 11.5. The molecule has 0 atom stereocenters. The second kappa shape index (κ2) is 5.45. The number of carbonyl (C=O) groups is 1. The summed E-state index contributed by atoms with van der Waals surface area (Å²) in [5.74, 6) is 0.477. The molecule has 1 heterocycles. The monoisotopic (exact) mass is 248 g/mol. The van der Waals surface area contributed by atoms with Crippen molar-refractivity contribution >= 4 is 22.4 Å². The van der Waals surface area contributed by atoms with Crippen molar-refractivity contribution in [2.45, 2.75) is 6.92 Å². The van der Waals surface area contributed by atoms with Gasteiger partial charge in [0.15, 0.2) is 11.7 Å². The van der Waals surface area contributed by atoms with E-state index < -0.39 is 0 Å². The van der Waals surface area contributed by atoms with E-state index in [4.69, 9.17) is 4.74 Å². The number of carbonyl (C=O) groups excluding carboxylic acids is 1. The Bertz CT molecular complexity index is 480. The molecule has 0 aliphatic carbocycles. The molecule has 1 aromatic heterocycles. The van der Waals surface area contributed by atoms with Crippen molar-refractivity contribution in [3.8, 4) is 5.75 Å². The highest BCUT2D eigenvalue weighted by Gasteiger charge is 2.04. The predicted octanol–water partition coefficient (Wildman–Crippen LogP) is 2.47. The van der Waals surface area contributed by atoms with Crippen molar-refractivity contribution in [2.24, 2.45) is 0 Å². The highest BCUT2D eigenvalue weighted by Crippen LogP contribution is 2.12. The van der Waals surface area contributed by atoms with E-state index in [-0.39, 0.29) is 12.5 Å². The predicted molar refractivity (Wildman–Crippen MR) is 67.4 cm³/mol. The molecule has 17 heavy (non-hydrogen) atoms. The van der Waals surface area contributed by atoms with Gasteiger partial charge in [0.1, 0.15) is 5.75 Å². The van der Waals surface area contributed by atoms with Crippen LogP contribution in [0, 0.1) is 6.92 Å². The van der Waals surface area contributed by atoms with Gasteiger partial charge in [0.2, 0.25) is 0 Å². The lowest BCUT2D eigenvalue weighted by Gasteiger charge is -2.05. The first kappa shape index (κ1) is 11.6. The molecule has 1 amide bonds. The van der Waals surface area contributed by atoms with Crippen LogP contribution >= 0.6 is 11.3 Å². The third kappa shape index (κ3) is 3.57. The van der Waals surface area contributed by atoms with Crippen molar-refractivity contribution in [1.29, 1.82) is 0 Å². The number of aryl methyl sites for hydroxylation is 1. The van der Waals surface area contributed by atoms with Gasteiger partial charge in [-0.3, -0.25) is 10.1 Å². The summed E-state index contributed by atoms with van der Waals surface area (Å²) in [5.41, 5.74) is 1.16. The lowest BCUT2D eigenvalue weighted by Crippen LogP contribution is -2.19. The minimum absolute atomic E-state index is 0.0113. The van der Waals surface area contributed by atoms with E-state index in [0.717, 1.165) is 5.56 Å². The van der Waals surface area contributed by atoms with E-state index >= 15 is 0 Å². The SMILES string of the molecule is Cc1ccc(OCC(=O)Nc2nccs2)cc1. The van der Waals surface area contributed by atoms with Crippen LogP contribution in [0.25, 0.3) is 0 Å². The first-order chi connectivity index (χ1) is 8.24. The normalized spacial score (nSPS) is 9.94. The van der Waals surface area contributed by atoms with Crippen LogP contribution in [0.1, 0.15) is 5.56 Å². The molecule has 0 fully saturated rings. The van der Waals surface area contributed by atoms with Crippen LogP contribution in [0.4, 0.5) is 5.13 Å². The third-order valence-electron chi connectivity index (χ3n) is 2.07. The number of nitrogens with one attached hydrogen (secondary N) is 1. The molecule has 2 rings (SSSR count). The second-order valence-electron chi connectivity index (χ2n) is 3.49. The summed E-state index contributed by atoms with van der Waals surface area (Å²) >= 11 is 1.38. The molecule has 0 bridgehead atoms. The minimum Gasteiger partial charge on any atom is -0.484 e. The Kier molecular flexibility index (Phi) is 3.72. The number of thiazole rings is 1. The van der Waals surface area contributed by atoms with E-state index in [9.17, 15) is 4.79 Å². The highest BCUT2D eigenvalue weighted by atomic mass is 32.1. The van der Waals surface area contributed by atoms with Crippen LogP contribution in [-0.2, 0) is 4.79 Å². The summed E-state index contributed by atoms with van der Waals surface area (Å²) in [7, 11) is 0. The zero-order valence-corrected chi connectivity index (χ0v) is 10.2. The van der Waals surface area contributed by atoms with Crippen molar-refractivity contribution in [3.05, 3.63) is 41.4 Å². The van der Waals surface area contributed by atoms with Crippen LogP contribution in [0.3, 0.4) is 0 Å². The number of hydrogen-bond acceptors (Lipinski definition) is 4. The van der Waals surface area contributed by atoms with Gasteiger partial charge in [-0.05, 0) is 19.1 Å². The van der Waals surface area contributed by atoms with E-state index in [0.29, 0.717) is 10.9 Å². The van der Waals surface area contributed by atoms with Gasteiger partial charge >= 0.3 is 0 Å². The molecule has 4 nitrogen and oxygen atoms in total. The molecule has 0 saturated carbocycles. The number of nitrogens with zero attached hydrogens (tertiary/aromatic N) is 1. The largest absolute Gasteiger partial charge is 0.484 e. The first-order valence-corrected chi connectivity index (χ1v) is 6.01. The Hall–Kier alpha value is -1.88. The Morgan fingerprint density at radius 3 is 2.82 bits per heavy atom. The third-order valence-corrected chi connectivity index (χ3v) is 2.76. The Morgan fingerprint density at radius 1 is 1.41 bits per heavy atom. The zero-order chi connectivity index (χ0) is 12.1. The Morgan fingerprint density at radius 2 is 2.18 bits per heavy atom. The van der Waals surface area contributed by atoms with Crippen molar-refractivity contribution in [2.75, 3.05) is 11.9 Å². The van der Waals surface area contributed by atoms with Gasteiger partial charge in [-0.1, -0.05) is 17.7 Å². The topological polar surface area (TPSA) is 51.2 Å². The average molecular weight is 248 g/mol. The van der Waals surface area contributed by atoms with Gasteiger partial charge in [-0.2, -0.15) is 0 Å². The fraction of sp³-hybridized carbons (Fsp3) is 0.167. The number of rotatable bonds is 4. The minimum atomic E-state index is -0.208. The van der Waals surface area contributed by atoms with E-state index in [1.54, 1.807) is 11.6 Å². The lowest BCUT2D eigenvalue weighted by atomic mass is 10.2. The Balaban J connectivity index is 1.82. The highest BCUT2D eigenvalue weighted by molar-refractivity contribution is 7.13. The molecule has 0 aliphatic heterocycles. The molecule has 0 spiro atoms. The molecule has 1 aromatic carbocycles. The van der Waals surface area contributed by atoms with Crippen LogP contribution < -0.4 is 10.1 Å². The number of ether oxygens (including phenoxy) is 1. The van der Waals surface area contributed by atoms with Crippen LogP contribution in [0.2, 0.25) is 0 Å². The van der Waals surface area contributed by atoms with E-state index in [2.05, 4.69) is 10.3 Å². The summed E-state index contributed by atoms with van der Waals surface area (Å²) in [6.45, 7) is 1.99. The molecule has 0 radical (unpaired) electrons. The van der Waals surface area contributed by atoms with Crippen LogP contribution in [-0.4, -0.2) is 17.5 Å². The van der Waals surface area contributed by atoms with Gasteiger partial charge in [0, 0.05) is 11.6 Å². The molecule has 1 N–H and O–H groups in total. The van der Waals surface area contributed by atoms with Crippen LogP contribution in [0.5, 0.6) is 5.75 Å². The maximum atomic E-state index is 11.5. The number of aromatic nitrogens is 1. The van der Waals surface area contributed by atoms with Gasteiger partial charge in [0.05, 0.1) is 0 Å². The van der Waals surface area contributed by atoms with Crippen molar-refractivity contribution in [3.63, 3.8) is 0 Å². The number of amides is 1. The van der Waals surface area contributed by atoms with Crippen molar-refractivity contribution < 1.29 is 9.53 Å². The molecule has 88 valence electrons. The number of hydrogen-bond donors (Lipinski definition) is 1. The zero-order valence-electron chi connectivity index (χ0n) is 9.34. The molecular formula is C12H12N2O2S. The summed E-state index contributed by atoms with van der Waals surface area (Å²) in [6.07, 6.45) is 1.64. The second-order valence-corrected chi connectivity index (χ2v) is 4.38. The average Bonchev–Trinajstić information content (AvgIpc) is 2.81. The molecular weight excluding hydrogens is 236 g/mol. The van der Waals surface area contributed by atoms with Gasteiger partial charge in [-0.15, -0.1) is 11.3 Å². The molecule has 5 heteroatoms. The molecule has 2 aromatic rings. The fourth-order valence-electron chi connectivity index (χ4n) is 1.22. The number of anilines is 1. The summed E-state index contributed by atoms with van der Waals surface area (Å²) < 4.78 is 5.34. The molecule has 0 aliphatic rings.